The van der Waals surface area contributed by atoms with Crippen LogP contribution in [0, 0.1) is 5.92 Å². The Labute approximate surface area is 168 Å². The summed E-state index contributed by atoms with van der Waals surface area (Å²) in [6.45, 7) is 8.40. The van der Waals surface area contributed by atoms with Gasteiger partial charge in [0.1, 0.15) is 5.54 Å². The molecule has 1 spiro atoms. The standard InChI is InChI=1S/C22H33N3O3/c1-4-18(2)16-23-12-10-22(11-13-23)20(26)24(14-15-28-3)21(27)25(22)17-19-8-6-5-7-9-19/h5-9,18H,4,10-17H2,1-3H3/t18-/m1/s1. The number of carbonyl (C=O) groups is 2. The lowest BCUT2D eigenvalue weighted by molar-refractivity contribution is -0.136. The first-order chi connectivity index (χ1) is 13.5. The zero-order valence-electron chi connectivity index (χ0n) is 17.4. The van der Waals surface area contributed by atoms with Gasteiger partial charge in [0.05, 0.1) is 13.2 Å². The molecule has 2 fully saturated rings. The molecule has 0 radical (unpaired) electrons. The number of urea groups is 1. The lowest BCUT2D eigenvalue weighted by Gasteiger charge is -2.42. The van der Waals surface area contributed by atoms with Crippen molar-refractivity contribution in [2.45, 2.75) is 45.2 Å². The van der Waals surface area contributed by atoms with E-state index in [-0.39, 0.29) is 11.9 Å². The number of amides is 3. The zero-order valence-corrected chi connectivity index (χ0v) is 17.4. The molecule has 0 N–H and O–H groups in total. The van der Waals surface area contributed by atoms with Crippen molar-refractivity contribution in [3.05, 3.63) is 35.9 Å². The van der Waals surface area contributed by atoms with Crippen molar-refractivity contribution in [3.8, 4) is 0 Å². The smallest absolute Gasteiger partial charge is 0.328 e. The summed E-state index contributed by atoms with van der Waals surface area (Å²) in [6, 6.07) is 9.77. The van der Waals surface area contributed by atoms with Crippen LogP contribution >= 0.6 is 0 Å². The van der Waals surface area contributed by atoms with Gasteiger partial charge in [0, 0.05) is 33.3 Å². The van der Waals surface area contributed by atoms with Crippen LogP contribution in [0.1, 0.15) is 38.7 Å². The molecule has 1 atom stereocenters. The number of nitrogens with zero attached hydrogens (tertiary/aromatic N) is 3. The highest BCUT2D eigenvalue weighted by Gasteiger charge is 2.57. The Hall–Kier alpha value is -1.92. The van der Waals surface area contributed by atoms with E-state index in [1.165, 1.54) is 4.90 Å². The van der Waals surface area contributed by atoms with E-state index in [0.29, 0.717) is 38.5 Å². The number of carbonyl (C=O) groups excluding carboxylic acids is 2. The van der Waals surface area contributed by atoms with Gasteiger partial charge < -0.3 is 14.5 Å². The average molecular weight is 388 g/mol. The number of piperidine rings is 1. The molecule has 0 aromatic heterocycles. The summed E-state index contributed by atoms with van der Waals surface area (Å²) in [6.07, 6.45) is 2.55. The van der Waals surface area contributed by atoms with Gasteiger partial charge in [0.25, 0.3) is 5.91 Å². The van der Waals surface area contributed by atoms with Gasteiger partial charge in [-0.05, 0) is 24.3 Å². The third-order valence-electron chi connectivity index (χ3n) is 6.27. The predicted octanol–water partition coefficient (Wildman–Crippen LogP) is 2.98. The van der Waals surface area contributed by atoms with Crippen LogP contribution in [0.5, 0.6) is 0 Å². The summed E-state index contributed by atoms with van der Waals surface area (Å²) in [5.41, 5.74) is 0.339. The number of methoxy groups -OCH3 is 1. The Morgan fingerprint density at radius 1 is 1.14 bits per heavy atom. The Bertz CT molecular complexity index is 671. The highest BCUT2D eigenvalue weighted by atomic mass is 16.5. The molecule has 2 heterocycles. The highest BCUT2D eigenvalue weighted by molar-refractivity contribution is 6.07. The quantitative estimate of drug-likeness (QED) is 0.644. The third-order valence-corrected chi connectivity index (χ3v) is 6.27. The maximum absolute atomic E-state index is 13.4. The molecule has 6 nitrogen and oxygen atoms in total. The molecule has 0 saturated carbocycles. The Morgan fingerprint density at radius 2 is 1.82 bits per heavy atom. The fraction of sp³-hybridized carbons (Fsp3) is 0.636. The first kappa shape index (κ1) is 20.8. The van der Waals surface area contributed by atoms with Crippen LogP contribution in [0.2, 0.25) is 0 Å². The van der Waals surface area contributed by atoms with Crippen LogP contribution in [0.15, 0.2) is 30.3 Å². The van der Waals surface area contributed by atoms with Crippen molar-refractivity contribution in [2.75, 3.05) is 39.9 Å². The molecular formula is C22H33N3O3. The molecule has 28 heavy (non-hydrogen) atoms. The van der Waals surface area contributed by atoms with E-state index in [1.54, 1.807) is 7.11 Å². The summed E-state index contributed by atoms with van der Waals surface area (Å²) in [5, 5.41) is 0. The van der Waals surface area contributed by atoms with E-state index in [1.807, 2.05) is 35.2 Å². The average Bonchev–Trinajstić information content (AvgIpc) is 2.90. The number of hydrogen-bond donors (Lipinski definition) is 0. The Morgan fingerprint density at radius 3 is 2.43 bits per heavy atom. The first-order valence-corrected chi connectivity index (χ1v) is 10.4. The number of ether oxygens (including phenoxy) is 1. The van der Waals surface area contributed by atoms with Gasteiger partial charge in [-0.2, -0.15) is 0 Å². The monoisotopic (exact) mass is 387 g/mol. The van der Waals surface area contributed by atoms with Crippen molar-refractivity contribution in [3.63, 3.8) is 0 Å². The van der Waals surface area contributed by atoms with E-state index in [9.17, 15) is 9.59 Å². The molecule has 6 heteroatoms. The lowest BCUT2D eigenvalue weighted by Crippen LogP contribution is -2.56. The second-order valence-corrected chi connectivity index (χ2v) is 8.15. The fourth-order valence-electron chi connectivity index (χ4n) is 4.31. The summed E-state index contributed by atoms with van der Waals surface area (Å²) in [7, 11) is 1.59. The molecule has 0 aliphatic carbocycles. The van der Waals surface area contributed by atoms with Gasteiger partial charge in [0.15, 0.2) is 0 Å². The molecule has 1 aromatic rings. The van der Waals surface area contributed by atoms with Crippen LogP contribution in [0.4, 0.5) is 4.79 Å². The molecule has 3 amide bonds. The molecule has 154 valence electrons. The van der Waals surface area contributed by atoms with Gasteiger partial charge in [0.2, 0.25) is 0 Å². The molecule has 0 unspecified atom stereocenters. The minimum absolute atomic E-state index is 0.0475. The number of imide groups is 1. The second-order valence-electron chi connectivity index (χ2n) is 8.15. The maximum atomic E-state index is 13.4. The van der Waals surface area contributed by atoms with Gasteiger partial charge in [-0.1, -0.05) is 50.6 Å². The Kier molecular flexibility index (Phi) is 6.73. The minimum atomic E-state index is -0.716. The van der Waals surface area contributed by atoms with Crippen molar-refractivity contribution >= 4 is 11.9 Å². The number of hydrogen-bond acceptors (Lipinski definition) is 4. The van der Waals surface area contributed by atoms with E-state index >= 15 is 0 Å². The van der Waals surface area contributed by atoms with Gasteiger partial charge in [-0.3, -0.25) is 9.69 Å². The summed E-state index contributed by atoms with van der Waals surface area (Å²) in [5.74, 6) is 0.599. The predicted molar refractivity (Wildman–Crippen MR) is 109 cm³/mol. The van der Waals surface area contributed by atoms with Gasteiger partial charge in [-0.25, -0.2) is 4.79 Å². The molecule has 2 aliphatic rings. The molecule has 2 aliphatic heterocycles. The van der Waals surface area contributed by atoms with Crippen molar-refractivity contribution in [1.82, 2.24) is 14.7 Å². The molecule has 3 rings (SSSR count). The van der Waals surface area contributed by atoms with E-state index in [4.69, 9.17) is 4.74 Å². The number of benzene rings is 1. The SMILES string of the molecule is CC[C@@H](C)CN1CCC2(CC1)C(=O)N(CCOC)C(=O)N2Cc1ccccc1. The summed E-state index contributed by atoms with van der Waals surface area (Å²) in [4.78, 5) is 32.2. The minimum Gasteiger partial charge on any atom is -0.383 e. The van der Waals surface area contributed by atoms with Gasteiger partial charge in [-0.15, -0.1) is 0 Å². The normalized spacial score (nSPS) is 21.0. The van der Waals surface area contributed by atoms with Crippen molar-refractivity contribution in [2.24, 2.45) is 5.92 Å². The van der Waals surface area contributed by atoms with Crippen LogP contribution < -0.4 is 0 Å². The fourth-order valence-corrected chi connectivity index (χ4v) is 4.31. The van der Waals surface area contributed by atoms with E-state index < -0.39 is 5.54 Å². The number of likely N-dealkylation sites (tertiary alicyclic amines) is 1. The van der Waals surface area contributed by atoms with E-state index in [2.05, 4.69) is 18.7 Å². The summed E-state index contributed by atoms with van der Waals surface area (Å²) >= 11 is 0. The molecule has 2 saturated heterocycles. The Balaban J connectivity index is 1.81. The van der Waals surface area contributed by atoms with Crippen LogP contribution in [-0.4, -0.2) is 72.1 Å². The van der Waals surface area contributed by atoms with E-state index in [0.717, 1.165) is 31.6 Å². The van der Waals surface area contributed by atoms with Crippen LogP contribution in [0.25, 0.3) is 0 Å². The van der Waals surface area contributed by atoms with Crippen LogP contribution in [0.3, 0.4) is 0 Å². The number of rotatable bonds is 8. The van der Waals surface area contributed by atoms with Gasteiger partial charge >= 0.3 is 6.03 Å². The molecular weight excluding hydrogens is 354 g/mol. The third kappa shape index (κ3) is 4.08. The lowest BCUT2D eigenvalue weighted by atomic mass is 9.85. The van der Waals surface area contributed by atoms with Crippen molar-refractivity contribution in [1.29, 1.82) is 0 Å². The largest absolute Gasteiger partial charge is 0.383 e. The maximum Gasteiger partial charge on any atom is 0.328 e. The second kappa shape index (κ2) is 9.05. The van der Waals surface area contributed by atoms with Crippen LogP contribution in [-0.2, 0) is 16.1 Å². The molecule has 1 aromatic carbocycles. The topological polar surface area (TPSA) is 53.1 Å². The summed E-state index contributed by atoms with van der Waals surface area (Å²) < 4.78 is 5.13. The first-order valence-electron chi connectivity index (χ1n) is 10.4. The zero-order chi connectivity index (χ0) is 20.1. The van der Waals surface area contributed by atoms with Crippen molar-refractivity contribution < 1.29 is 14.3 Å². The molecule has 0 bridgehead atoms. The highest BCUT2D eigenvalue weighted by Crippen LogP contribution is 2.38.